The third-order valence-corrected chi connectivity index (χ3v) is 7.70. The van der Waals surface area contributed by atoms with E-state index in [1.54, 1.807) is 9.80 Å². The molecule has 39 heavy (non-hydrogen) atoms. The maximum atomic E-state index is 14.6. The van der Waals surface area contributed by atoms with E-state index in [-0.39, 0.29) is 30.0 Å². The number of piperidine rings is 1. The van der Waals surface area contributed by atoms with E-state index < -0.39 is 11.5 Å². The summed E-state index contributed by atoms with van der Waals surface area (Å²) in [5.41, 5.74) is 0.720. The van der Waals surface area contributed by atoms with Crippen LogP contribution in [0.4, 0.5) is 19.5 Å². The SMILES string of the molecule is CC(C)CCNc1nc(C2CCN(CC(=O)N3CCN(C(=O)OC(C)(C)C)CC3)CC2)c2c(n1)C(F)(F)CC2. The smallest absolute Gasteiger partial charge is 0.410 e. The van der Waals surface area contributed by atoms with Crippen molar-refractivity contribution < 1.29 is 23.1 Å². The number of fused-ring (bicyclic) bond motifs is 1. The molecule has 11 heteroatoms. The zero-order valence-corrected chi connectivity index (χ0v) is 24.1. The van der Waals surface area contributed by atoms with E-state index in [0.29, 0.717) is 76.2 Å². The molecule has 2 amide bonds. The highest BCUT2D eigenvalue weighted by atomic mass is 19.3. The lowest BCUT2D eigenvalue weighted by Crippen LogP contribution is -2.53. The standard InChI is InChI=1S/C28H44F2N6O3/c1-19(2)7-11-31-25-32-23(21-6-10-28(29,30)24(21)33-25)20-8-12-34(13-9-20)18-22(37)35-14-16-36(17-15-35)26(38)39-27(3,4)5/h19-20H,6-18H2,1-5H3,(H,31,32,33). The highest BCUT2D eigenvalue weighted by Gasteiger charge is 2.44. The average Bonchev–Trinajstić information content (AvgIpc) is 3.17. The van der Waals surface area contributed by atoms with Gasteiger partial charge in [-0.3, -0.25) is 9.69 Å². The summed E-state index contributed by atoms with van der Waals surface area (Å²) in [4.78, 5) is 39.8. The van der Waals surface area contributed by atoms with Gasteiger partial charge < -0.3 is 19.9 Å². The number of likely N-dealkylation sites (tertiary alicyclic amines) is 1. The molecule has 3 heterocycles. The third kappa shape index (κ3) is 7.55. The van der Waals surface area contributed by atoms with Gasteiger partial charge in [0.2, 0.25) is 11.9 Å². The van der Waals surface area contributed by atoms with E-state index in [2.05, 4.69) is 29.0 Å². The van der Waals surface area contributed by atoms with Crippen LogP contribution in [0.2, 0.25) is 0 Å². The van der Waals surface area contributed by atoms with Gasteiger partial charge in [0.1, 0.15) is 11.3 Å². The minimum atomic E-state index is -2.91. The van der Waals surface area contributed by atoms with Gasteiger partial charge in [0.15, 0.2) is 0 Å². The Morgan fingerprint density at radius 1 is 1.05 bits per heavy atom. The number of alkyl halides is 2. The van der Waals surface area contributed by atoms with Crippen LogP contribution in [-0.4, -0.2) is 94.6 Å². The van der Waals surface area contributed by atoms with Gasteiger partial charge in [0.25, 0.3) is 5.92 Å². The fraction of sp³-hybridized carbons (Fsp3) is 0.786. The number of halogens is 2. The summed E-state index contributed by atoms with van der Waals surface area (Å²) >= 11 is 0. The number of anilines is 1. The van der Waals surface area contributed by atoms with Crippen LogP contribution >= 0.6 is 0 Å². The zero-order valence-electron chi connectivity index (χ0n) is 24.1. The molecule has 3 aliphatic rings. The van der Waals surface area contributed by atoms with Gasteiger partial charge >= 0.3 is 6.09 Å². The Kier molecular flexibility index (Phi) is 8.98. The van der Waals surface area contributed by atoms with Crippen molar-refractivity contribution in [3.8, 4) is 0 Å². The average molecular weight is 551 g/mol. The highest BCUT2D eigenvalue weighted by Crippen LogP contribution is 2.44. The first kappa shape index (κ1) is 29.4. The minimum Gasteiger partial charge on any atom is -0.444 e. The van der Waals surface area contributed by atoms with Crippen LogP contribution in [0.3, 0.4) is 0 Å². The molecule has 0 bridgehead atoms. The van der Waals surface area contributed by atoms with Crippen molar-refractivity contribution in [3.05, 3.63) is 17.0 Å². The molecule has 0 aromatic carbocycles. The number of hydrogen-bond donors (Lipinski definition) is 1. The van der Waals surface area contributed by atoms with E-state index in [1.807, 2.05) is 20.8 Å². The number of carbonyl (C=O) groups excluding carboxylic acids is 2. The summed E-state index contributed by atoms with van der Waals surface area (Å²) in [6.45, 7) is 14.0. The molecule has 2 aliphatic heterocycles. The van der Waals surface area contributed by atoms with Gasteiger partial charge in [-0.25, -0.2) is 14.8 Å². The van der Waals surface area contributed by atoms with Crippen molar-refractivity contribution >= 4 is 17.9 Å². The summed E-state index contributed by atoms with van der Waals surface area (Å²) < 4.78 is 34.7. The number of aromatic nitrogens is 2. The van der Waals surface area contributed by atoms with Crippen LogP contribution in [-0.2, 0) is 21.9 Å². The quantitative estimate of drug-likeness (QED) is 0.543. The molecule has 1 aromatic rings. The monoisotopic (exact) mass is 550 g/mol. The molecule has 1 aromatic heterocycles. The number of ether oxygens (including phenoxy) is 1. The van der Waals surface area contributed by atoms with Crippen molar-refractivity contribution in [2.45, 2.75) is 84.2 Å². The molecule has 1 aliphatic carbocycles. The molecular weight excluding hydrogens is 506 g/mol. The first-order chi connectivity index (χ1) is 18.3. The summed E-state index contributed by atoms with van der Waals surface area (Å²) in [7, 11) is 0. The molecule has 9 nitrogen and oxygen atoms in total. The van der Waals surface area contributed by atoms with Gasteiger partial charge in [-0.05, 0) is 65.5 Å². The maximum absolute atomic E-state index is 14.6. The highest BCUT2D eigenvalue weighted by molar-refractivity contribution is 5.78. The van der Waals surface area contributed by atoms with E-state index in [1.165, 1.54) is 0 Å². The Morgan fingerprint density at radius 2 is 1.69 bits per heavy atom. The van der Waals surface area contributed by atoms with Gasteiger partial charge in [-0.1, -0.05) is 13.8 Å². The number of amides is 2. The van der Waals surface area contributed by atoms with Crippen LogP contribution < -0.4 is 5.32 Å². The maximum Gasteiger partial charge on any atom is 0.410 e. The van der Waals surface area contributed by atoms with Crippen molar-refractivity contribution in [3.63, 3.8) is 0 Å². The molecule has 0 spiro atoms. The van der Waals surface area contributed by atoms with E-state index in [9.17, 15) is 18.4 Å². The summed E-state index contributed by atoms with van der Waals surface area (Å²) in [6, 6.07) is 0. The van der Waals surface area contributed by atoms with Crippen molar-refractivity contribution in [2.75, 3.05) is 57.7 Å². The van der Waals surface area contributed by atoms with Crippen LogP contribution in [0.5, 0.6) is 0 Å². The molecule has 0 unspecified atom stereocenters. The fourth-order valence-corrected chi connectivity index (χ4v) is 5.46. The van der Waals surface area contributed by atoms with Crippen molar-refractivity contribution in [1.82, 2.24) is 24.7 Å². The number of nitrogens with one attached hydrogen (secondary N) is 1. The molecule has 0 radical (unpaired) electrons. The zero-order chi connectivity index (χ0) is 28.4. The van der Waals surface area contributed by atoms with Gasteiger partial charge in [-0.15, -0.1) is 0 Å². The van der Waals surface area contributed by atoms with Crippen LogP contribution in [0.1, 0.15) is 83.2 Å². The summed E-state index contributed by atoms with van der Waals surface area (Å²) in [5.74, 6) is -1.99. The number of piperazine rings is 1. The predicted octanol–water partition coefficient (Wildman–Crippen LogP) is 4.23. The first-order valence-corrected chi connectivity index (χ1v) is 14.3. The normalized spacial score (nSPS) is 20.3. The first-order valence-electron chi connectivity index (χ1n) is 14.3. The van der Waals surface area contributed by atoms with Crippen molar-refractivity contribution in [1.29, 1.82) is 0 Å². The second kappa shape index (κ2) is 11.9. The molecule has 1 N–H and O–H groups in total. The number of nitrogens with zero attached hydrogens (tertiary/aromatic N) is 5. The number of carbonyl (C=O) groups is 2. The predicted molar refractivity (Wildman–Crippen MR) is 145 cm³/mol. The topological polar surface area (TPSA) is 90.9 Å². The second-order valence-electron chi connectivity index (χ2n) is 12.5. The molecule has 2 saturated heterocycles. The largest absolute Gasteiger partial charge is 0.444 e. The minimum absolute atomic E-state index is 0.0523. The lowest BCUT2D eigenvalue weighted by Gasteiger charge is -2.37. The lowest BCUT2D eigenvalue weighted by atomic mass is 9.90. The third-order valence-electron chi connectivity index (χ3n) is 7.70. The fourth-order valence-electron chi connectivity index (χ4n) is 5.46. The second-order valence-corrected chi connectivity index (χ2v) is 12.5. The van der Waals surface area contributed by atoms with Crippen LogP contribution in [0, 0.1) is 5.92 Å². The Labute approximate surface area is 230 Å². The van der Waals surface area contributed by atoms with Crippen LogP contribution in [0.15, 0.2) is 0 Å². The number of hydrogen-bond acceptors (Lipinski definition) is 7. The molecule has 4 rings (SSSR count). The Bertz CT molecular complexity index is 1030. The molecular formula is C28H44F2N6O3. The summed E-state index contributed by atoms with van der Waals surface area (Å²) in [5, 5.41) is 3.17. The Hall–Kier alpha value is -2.56. The number of rotatable bonds is 7. The van der Waals surface area contributed by atoms with E-state index >= 15 is 0 Å². The van der Waals surface area contributed by atoms with Crippen molar-refractivity contribution in [2.24, 2.45) is 5.92 Å². The van der Waals surface area contributed by atoms with Crippen LogP contribution in [0.25, 0.3) is 0 Å². The van der Waals surface area contributed by atoms with Gasteiger partial charge in [0, 0.05) is 50.6 Å². The van der Waals surface area contributed by atoms with Gasteiger partial charge in [-0.2, -0.15) is 8.78 Å². The Balaban J connectivity index is 1.31. The molecule has 0 saturated carbocycles. The summed E-state index contributed by atoms with van der Waals surface area (Å²) in [6.07, 6.45) is 2.19. The van der Waals surface area contributed by atoms with Gasteiger partial charge in [0.05, 0.1) is 12.2 Å². The molecule has 2 fully saturated rings. The molecule has 218 valence electrons. The molecule has 0 atom stereocenters. The lowest BCUT2D eigenvalue weighted by molar-refractivity contribution is -0.134. The Morgan fingerprint density at radius 3 is 2.31 bits per heavy atom. The van der Waals surface area contributed by atoms with E-state index in [0.717, 1.165) is 25.0 Å². The van der Waals surface area contributed by atoms with E-state index in [4.69, 9.17) is 9.72 Å².